The number of hydrogen-bond acceptors (Lipinski definition) is 2. The number of para-hydroxylation sites is 1. The van der Waals surface area contributed by atoms with Crippen molar-refractivity contribution in [2.75, 3.05) is 0 Å². The minimum absolute atomic E-state index is 0.0632. The molecule has 1 aliphatic heterocycles. The number of fused-ring (bicyclic) bond motifs is 1. The number of Topliss-reactive ketones (excluding diaryl/α,β-unsaturated/α-hetero) is 1. The molecule has 26 heavy (non-hydrogen) atoms. The first-order valence-corrected chi connectivity index (χ1v) is 8.91. The van der Waals surface area contributed by atoms with Gasteiger partial charge < -0.3 is 4.74 Å². The summed E-state index contributed by atoms with van der Waals surface area (Å²) in [6, 6.07) is 22.2. The van der Waals surface area contributed by atoms with Crippen LogP contribution in [-0.2, 0) is 0 Å². The van der Waals surface area contributed by atoms with Crippen molar-refractivity contribution in [3.63, 3.8) is 0 Å². The Morgan fingerprint density at radius 1 is 0.885 bits per heavy atom. The molecule has 0 aliphatic carbocycles. The van der Waals surface area contributed by atoms with E-state index in [-0.39, 0.29) is 5.78 Å². The lowest BCUT2D eigenvalue weighted by molar-refractivity contribution is 0.0963. The second-order valence-electron chi connectivity index (χ2n) is 6.00. The Balaban J connectivity index is 1.88. The lowest BCUT2D eigenvalue weighted by Gasteiger charge is -2.28. The molecule has 0 saturated carbocycles. The van der Waals surface area contributed by atoms with Crippen LogP contribution in [0.15, 0.2) is 78.4 Å². The van der Waals surface area contributed by atoms with Crippen LogP contribution in [0, 0.1) is 0 Å². The van der Waals surface area contributed by atoms with Crippen molar-refractivity contribution in [1.29, 1.82) is 0 Å². The molecule has 3 aromatic rings. The summed E-state index contributed by atoms with van der Waals surface area (Å²) in [5.41, 5.74) is 2.73. The fourth-order valence-electron chi connectivity index (χ4n) is 3.02. The molecular formula is C22H14Cl2O2. The first-order chi connectivity index (χ1) is 12.6. The molecule has 0 unspecified atom stereocenters. The minimum atomic E-state index is -0.495. The number of carbonyl (C=O) groups is 1. The number of hydrogen-bond donors (Lipinski definition) is 0. The predicted octanol–water partition coefficient (Wildman–Crippen LogP) is 6.39. The zero-order chi connectivity index (χ0) is 18.1. The molecule has 4 rings (SSSR count). The standard InChI is InChI=1S/C22H14Cl2O2/c23-16-11-10-15(19(24)13-16)12-18-21(25)17-8-4-5-9-20(17)26-22(18)14-6-2-1-3-7-14/h1-13,22H/b18-12+/t22-/m0/s1. The highest BCUT2D eigenvalue weighted by molar-refractivity contribution is 6.35. The highest BCUT2D eigenvalue weighted by Gasteiger charge is 2.32. The van der Waals surface area contributed by atoms with Crippen molar-refractivity contribution in [2.45, 2.75) is 6.10 Å². The van der Waals surface area contributed by atoms with Gasteiger partial charge in [0.2, 0.25) is 0 Å². The van der Waals surface area contributed by atoms with Crippen LogP contribution in [0.4, 0.5) is 0 Å². The Morgan fingerprint density at radius 2 is 1.62 bits per heavy atom. The molecule has 4 heteroatoms. The van der Waals surface area contributed by atoms with Crippen molar-refractivity contribution in [2.24, 2.45) is 0 Å². The summed E-state index contributed by atoms with van der Waals surface area (Å²) in [6.07, 6.45) is 1.29. The van der Waals surface area contributed by atoms with E-state index in [0.29, 0.717) is 26.9 Å². The minimum Gasteiger partial charge on any atom is -0.480 e. The molecule has 0 saturated heterocycles. The lowest BCUT2D eigenvalue weighted by Crippen LogP contribution is -2.23. The maximum atomic E-state index is 13.2. The molecule has 1 atom stereocenters. The molecule has 1 aliphatic rings. The molecular weight excluding hydrogens is 367 g/mol. The van der Waals surface area contributed by atoms with Gasteiger partial charge in [0.25, 0.3) is 0 Å². The number of benzene rings is 3. The van der Waals surface area contributed by atoms with Gasteiger partial charge in [-0.1, -0.05) is 71.7 Å². The Bertz CT molecular complexity index is 1010. The summed E-state index contributed by atoms with van der Waals surface area (Å²) >= 11 is 12.3. The van der Waals surface area contributed by atoms with Gasteiger partial charge in [-0.2, -0.15) is 0 Å². The molecule has 0 amide bonds. The Morgan fingerprint density at radius 3 is 2.38 bits per heavy atom. The summed E-state index contributed by atoms with van der Waals surface area (Å²) in [5.74, 6) is 0.525. The van der Waals surface area contributed by atoms with Gasteiger partial charge in [0.15, 0.2) is 11.9 Å². The van der Waals surface area contributed by atoms with Gasteiger partial charge in [-0.05, 0) is 41.5 Å². The number of ether oxygens (including phenoxy) is 1. The van der Waals surface area contributed by atoms with Crippen molar-refractivity contribution in [3.05, 3.63) is 105 Å². The zero-order valence-electron chi connectivity index (χ0n) is 13.7. The van der Waals surface area contributed by atoms with Crippen LogP contribution < -0.4 is 4.74 Å². The maximum absolute atomic E-state index is 13.2. The molecule has 1 heterocycles. The summed E-state index contributed by atoms with van der Waals surface area (Å²) in [5, 5.41) is 1.04. The van der Waals surface area contributed by atoms with Gasteiger partial charge in [-0.3, -0.25) is 4.79 Å². The van der Waals surface area contributed by atoms with E-state index in [0.717, 1.165) is 11.1 Å². The van der Waals surface area contributed by atoms with E-state index < -0.39 is 6.10 Å². The topological polar surface area (TPSA) is 26.3 Å². The lowest BCUT2D eigenvalue weighted by atomic mass is 9.89. The van der Waals surface area contributed by atoms with E-state index in [4.69, 9.17) is 27.9 Å². The molecule has 3 aromatic carbocycles. The monoisotopic (exact) mass is 380 g/mol. The number of carbonyl (C=O) groups excluding carboxylic acids is 1. The molecule has 2 nitrogen and oxygen atoms in total. The summed E-state index contributed by atoms with van der Waals surface area (Å²) in [4.78, 5) is 13.2. The SMILES string of the molecule is O=C1/C(=C\c2ccc(Cl)cc2Cl)[C@H](c2ccccc2)Oc2ccccc21. The Hall–Kier alpha value is -2.55. The molecule has 0 fully saturated rings. The van der Waals surface area contributed by atoms with Crippen LogP contribution >= 0.6 is 23.2 Å². The van der Waals surface area contributed by atoms with Crippen LogP contribution in [0.3, 0.4) is 0 Å². The van der Waals surface area contributed by atoms with Gasteiger partial charge >= 0.3 is 0 Å². The predicted molar refractivity (Wildman–Crippen MR) is 105 cm³/mol. The van der Waals surface area contributed by atoms with E-state index >= 15 is 0 Å². The molecule has 0 radical (unpaired) electrons. The van der Waals surface area contributed by atoms with Gasteiger partial charge in [0, 0.05) is 15.6 Å². The smallest absolute Gasteiger partial charge is 0.196 e. The van der Waals surface area contributed by atoms with E-state index in [1.54, 1.807) is 30.3 Å². The number of rotatable bonds is 2. The van der Waals surface area contributed by atoms with Crippen molar-refractivity contribution >= 4 is 35.1 Å². The third-order valence-corrected chi connectivity index (χ3v) is 4.86. The molecule has 0 spiro atoms. The van der Waals surface area contributed by atoms with Crippen LogP contribution in [0.2, 0.25) is 10.0 Å². The highest BCUT2D eigenvalue weighted by atomic mass is 35.5. The van der Waals surface area contributed by atoms with Gasteiger partial charge in [-0.25, -0.2) is 0 Å². The van der Waals surface area contributed by atoms with Crippen LogP contribution in [-0.4, -0.2) is 5.78 Å². The van der Waals surface area contributed by atoms with Crippen molar-refractivity contribution < 1.29 is 9.53 Å². The molecule has 0 N–H and O–H groups in total. The summed E-state index contributed by atoms with van der Waals surface area (Å²) in [6.45, 7) is 0. The van der Waals surface area contributed by atoms with Gasteiger partial charge in [-0.15, -0.1) is 0 Å². The zero-order valence-corrected chi connectivity index (χ0v) is 15.2. The average molecular weight is 381 g/mol. The Kier molecular flexibility index (Phi) is 4.54. The third kappa shape index (κ3) is 3.14. The second-order valence-corrected chi connectivity index (χ2v) is 6.84. The van der Waals surface area contributed by atoms with E-state index in [2.05, 4.69) is 0 Å². The molecule has 0 bridgehead atoms. The average Bonchev–Trinajstić information content (AvgIpc) is 2.66. The van der Waals surface area contributed by atoms with Gasteiger partial charge in [0.1, 0.15) is 5.75 Å². The van der Waals surface area contributed by atoms with E-state index in [9.17, 15) is 4.79 Å². The van der Waals surface area contributed by atoms with Crippen molar-refractivity contribution in [3.8, 4) is 5.75 Å². The Labute approximate surface area is 161 Å². The third-order valence-electron chi connectivity index (χ3n) is 4.30. The summed E-state index contributed by atoms with van der Waals surface area (Å²) in [7, 11) is 0. The van der Waals surface area contributed by atoms with Crippen LogP contribution in [0.25, 0.3) is 6.08 Å². The normalized spacial score (nSPS) is 17.7. The van der Waals surface area contributed by atoms with E-state index in [1.165, 1.54) is 0 Å². The number of halogens is 2. The summed E-state index contributed by atoms with van der Waals surface area (Å²) < 4.78 is 6.18. The quantitative estimate of drug-likeness (QED) is 0.481. The highest BCUT2D eigenvalue weighted by Crippen LogP contribution is 2.39. The second kappa shape index (κ2) is 6.99. The molecule has 128 valence electrons. The molecule has 0 aromatic heterocycles. The van der Waals surface area contributed by atoms with Gasteiger partial charge in [0.05, 0.1) is 5.56 Å². The fraction of sp³-hybridized carbons (Fsp3) is 0.0455. The first-order valence-electron chi connectivity index (χ1n) is 8.15. The van der Waals surface area contributed by atoms with Crippen LogP contribution in [0.1, 0.15) is 27.6 Å². The van der Waals surface area contributed by atoms with E-state index in [1.807, 2.05) is 48.5 Å². The fourth-order valence-corrected chi connectivity index (χ4v) is 3.49. The van der Waals surface area contributed by atoms with Crippen molar-refractivity contribution in [1.82, 2.24) is 0 Å². The first kappa shape index (κ1) is 16.9. The van der Waals surface area contributed by atoms with Crippen LogP contribution in [0.5, 0.6) is 5.75 Å². The number of ketones is 1. The largest absolute Gasteiger partial charge is 0.480 e. The maximum Gasteiger partial charge on any atom is 0.196 e.